The van der Waals surface area contributed by atoms with Crippen molar-refractivity contribution >= 4 is 0 Å². The van der Waals surface area contributed by atoms with Gasteiger partial charge in [0, 0.05) is 6.61 Å². The Bertz CT molecular complexity index is 448. The molecule has 21 heavy (non-hydrogen) atoms. The van der Waals surface area contributed by atoms with E-state index in [1.807, 2.05) is 24.3 Å². The topological polar surface area (TPSA) is 38.7 Å². The first-order valence-electron chi connectivity index (χ1n) is 8.16. The second-order valence-corrected chi connectivity index (χ2v) is 6.61. The molecule has 1 spiro atoms. The Kier molecular flexibility index (Phi) is 4.51. The summed E-state index contributed by atoms with van der Waals surface area (Å²) in [5.74, 6) is 1.24. The Morgan fingerprint density at radius 2 is 2.00 bits per heavy atom. The summed E-state index contributed by atoms with van der Waals surface area (Å²) in [6.07, 6.45) is 7.40. The molecule has 0 aromatic heterocycles. The predicted octanol–water partition coefficient (Wildman–Crippen LogP) is 3.34. The molecule has 3 nitrogen and oxygen atoms in total. The van der Waals surface area contributed by atoms with Crippen LogP contribution in [-0.4, -0.2) is 30.5 Å². The lowest BCUT2D eigenvalue weighted by Gasteiger charge is -2.40. The molecular formula is C18H26O3. The average molecular weight is 290 g/mol. The van der Waals surface area contributed by atoms with Gasteiger partial charge in [0.15, 0.2) is 0 Å². The molecule has 1 aliphatic carbocycles. The zero-order valence-corrected chi connectivity index (χ0v) is 12.9. The fourth-order valence-electron chi connectivity index (χ4n) is 3.93. The quantitative estimate of drug-likeness (QED) is 0.924. The molecule has 0 amide bonds. The molecule has 2 unspecified atom stereocenters. The van der Waals surface area contributed by atoms with E-state index in [-0.39, 0.29) is 11.7 Å². The highest BCUT2D eigenvalue weighted by molar-refractivity contribution is 5.27. The van der Waals surface area contributed by atoms with Crippen molar-refractivity contribution in [3.05, 3.63) is 29.8 Å². The van der Waals surface area contributed by atoms with Crippen molar-refractivity contribution < 1.29 is 14.6 Å². The zero-order chi connectivity index (χ0) is 14.7. The van der Waals surface area contributed by atoms with Gasteiger partial charge >= 0.3 is 0 Å². The third-order valence-electron chi connectivity index (χ3n) is 5.19. The second kappa shape index (κ2) is 6.37. The number of hydrogen-bond acceptors (Lipinski definition) is 3. The minimum atomic E-state index is -0.264. The van der Waals surface area contributed by atoms with Crippen molar-refractivity contribution in [3.63, 3.8) is 0 Å². The standard InChI is InChI=1S/C18H26O3/c1-20-16-6-4-14(5-7-16)12-17(19)15-8-11-21-18(13-15)9-2-3-10-18/h4-7,15,17,19H,2-3,8-13H2,1H3. The monoisotopic (exact) mass is 290 g/mol. The van der Waals surface area contributed by atoms with E-state index < -0.39 is 0 Å². The fraction of sp³-hybridized carbons (Fsp3) is 0.667. The molecule has 1 aromatic carbocycles. The van der Waals surface area contributed by atoms with Crippen LogP contribution in [0, 0.1) is 5.92 Å². The Labute approximate surface area is 127 Å². The molecular weight excluding hydrogens is 264 g/mol. The maximum atomic E-state index is 10.6. The lowest BCUT2D eigenvalue weighted by molar-refractivity contribution is -0.112. The van der Waals surface area contributed by atoms with E-state index in [0.717, 1.165) is 31.6 Å². The molecule has 116 valence electrons. The fourth-order valence-corrected chi connectivity index (χ4v) is 3.93. The number of hydrogen-bond donors (Lipinski definition) is 1. The van der Waals surface area contributed by atoms with Crippen LogP contribution in [0.4, 0.5) is 0 Å². The molecule has 0 radical (unpaired) electrons. The molecule has 3 rings (SSSR count). The van der Waals surface area contributed by atoms with Gasteiger partial charge in [-0.3, -0.25) is 0 Å². The van der Waals surface area contributed by atoms with Gasteiger partial charge in [-0.05, 0) is 55.7 Å². The van der Waals surface area contributed by atoms with Crippen LogP contribution in [0.15, 0.2) is 24.3 Å². The summed E-state index contributed by atoms with van der Waals surface area (Å²) >= 11 is 0. The van der Waals surface area contributed by atoms with E-state index in [0.29, 0.717) is 5.92 Å². The molecule has 2 aliphatic rings. The minimum Gasteiger partial charge on any atom is -0.497 e. The number of aliphatic hydroxyl groups is 1. The number of methoxy groups -OCH3 is 1. The highest BCUT2D eigenvalue weighted by Gasteiger charge is 2.41. The predicted molar refractivity (Wildman–Crippen MR) is 82.6 cm³/mol. The van der Waals surface area contributed by atoms with Gasteiger partial charge in [-0.1, -0.05) is 25.0 Å². The van der Waals surface area contributed by atoms with Gasteiger partial charge in [-0.15, -0.1) is 0 Å². The van der Waals surface area contributed by atoms with E-state index in [1.54, 1.807) is 7.11 Å². The average Bonchev–Trinajstić information content (AvgIpc) is 2.96. The molecule has 2 atom stereocenters. The van der Waals surface area contributed by atoms with Crippen LogP contribution in [0.2, 0.25) is 0 Å². The summed E-state index contributed by atoms with van der Waals surface area (Å²) in [6, 6.07) is 8.02. The largest absolute Gasteiger partial charge is 0.497 e. The van der Waals surface area contributed by atoms with Crippen LogP contribution >= 0.6 is 0 Å². The van der Waals surface area contributed by atoms with Crippen molar-refractivity contribution in [3.8, 4) is 5.75 Å². The molecule has 2 fully saturated rings. The van der Waals surface area contributed by atoms with E-state index in [1.165, 1.54) is 31.2 Å². The molecule has 0 bridgehead atoms. The first-order chi connectivity index (χ1) is 10.2. The Balaban J connectivity index is 1.60. The van der Waals surface area contributed by atoms with E-state index in [4.69, 9.17) is 9.47 Å². The molecule has 1 aliphatic heterocycles. The van der Waals surface area contributed by atoms with Crippen molar-refractivity contribution in [2.75, 3.05) is 13.7 Å². The van der Waals surface area contributed by atoms with E-state index in [2.05, 4.69) is 0 Å². The van der Waals surface area contributed by atoms with Crippen LogP contribution in [0.1, 0.15) is 44.1 Å². The van der Waals surface area contributed by atoms with Crippen molar-refractivity contribution in [2.45, 2.75) is 56.7 Å². The number of ether oxygens (including phenoxy) is 2. The summed E-state index contributed by atoms with van der Waals surface area (Å²) in [6.45, 7) is 0.810. The molecule has 1 N–H and O–H groups in total. The number of benzene rings is 1. The van der Waals surface area contributed by atoms with Crippen molar-refractivity contribution in [2.24, 2.45) is 5.92 Å². The van der Waals surface area contributed by atoms with Gasteiger partial charge in [0.2, 0.25) is 0 Å². The molecule has 1 saturated carbocycles. The van der Waals surface area contributed by atoms with E-state index >= 15 is 0 Å². The summed E-state index contributed by atoms with van der Waals surface area (Å²) in [5.41, 5.74) is 1.26. The van der Waals surface area contributed by atoms with Crippen LogP contribution < -0.4 is 4.74 Å². The summed E-state index contributed by atoms with van der Waals surface area (Å²) in [5, 5.41) is 10.6. The highest BCUT2D eigenvalue weighted by Crippen LogP contribution is 2.43. The lowest BCUT2D eigenvalue weighted by atomic mass is 9.80. The zero-order valence-electron chi connectivity index (χ0n) is 12.9. The molecule has 3 heteroatoms. The summed E-state index contributed by atoms with van der Waals surface area (Å²) in [7, 11) is 1.67. The Morgan fingerprint density at radius 3 is 2.67 bits per heavy atom. The lowest BCUT2D eigenvalue weighted by Crippen LogP contribution is -2.41. The van der Waals surface area contributed by atoms with Crippen LogP contribution in [0.25, 0.3) is 0 Å². The first-order valence-corrected chi connectivity index (χ1v) is 8.16. The number of rotatable bonds is 4. The van der Waals surface area contributed by atoms with Crippen LogP contribution in [0.3, 0.4) is 0 Å². The van der Waals surface area contributed by atoms with Crippen LogP contribution in [0.5, 0.6) is 5.75 Å². The maximum Gasteiger partial charge on any atom is 0.118 e. The molecule has 1 saturated heterocycles. The van der Waals surface area contributed by atoms with Crippen LogP contribution in [-0.2, 0) is 11.2 Å². The van der Waals surface area contributed by atoms with Gasteiger partial charge in [0.05, 0.1) is 18.8 Å². The van der Waals surface area contributed by atoms with Gasteiger partial charge in [0.25, 0.3) is 0 Å². The minimum absolute atomic E-state index is 0.0871. The highest BCUT2D eigenvalue weighted by atomic mass is 16.5. The Hall–Kier alpha value is -1.06. The number of aliphatic hydroxyl groups excluding tert-OH is 1. The summed E-state index contributed by atoms with van der Waals surface area (Å²) < 4.78 is 11.2. The maximum absolute atomic E-state index is 10.6. The van der Waals surface area contributed by atoms with Crippen molar-refractivity contribution in [1.29, 1.82) is 0 Å². The first kappa shape index (κ1) is 14.9. The third kappa shape index (κ3) is 3.41. The third-order valence-corrected chi connectivity index (χ3v) is 5.19. The second-order valence-electron chi connectivity index (χ2n) is 6.61. The Morgan fingerprint density at radius 1 is 1.29 bits per heavy atom. The molecule has 1 heterocycles. The SMILES string of the molecule is COc1ccc(CC(O)C2CCOC3(CCCC3)C2)cc1. The van der Waals surface area contributed by atoms with Gasteiger partial charge in [0.1, 0.15) is 5.75 Å². The van der Waals surface area contributed by atoms with Crippen molar-refractivity contribution in [1.82, 2.24) is 0 Å². The van der Waals surface area contributed by atoms with E-state index in [9.17, 15) is 5.11 Å². The van der Waals surface area contributed by atoms with Gasteiger partial charge in [-0.2, -0.15) is 0 Å². The summed E-state index contributed by atoms with van der Waals surface area (Å²) in [4.78, 5) is 0. The smallest absolute Gasteiger partial charge is 0.118 e. The molecule has 1 aromatic rings. The van der Waals surface area contributed by atoms with Gasteiger partial charge < -0.3 is 14.6 Å². The van der Waals surface area contributed by atoms with Gasteiger partial charge in [-0.25, -0.2) is 0 Å². The normalized spacial score (nSPS) is 25.9.